The Morgan fingerprint density at radius 1 is 1.28 bits per heavy atom. The van der Waals surface area contributed by atoms with E-state index in [2.05, 4.69) is 41.5 Å². The molecule has 2 N–H and O–H groups in total. The molecule has 0 radical (unpaired) electrons. The van der Waals surface area contributed by atoms with E-state index in [4.69, 9.17) is 9.73 Å². The van der Waals surface area contributed by atoms with Crippen LogP contribution in [0.2, 0.25) is 0 Å². The summed E-state index contributed by atoms with van der Waals surface area (Å²) in [5.41, 5.74) is 1.18. The highest BCUT2D eigenvalue weighted by Crippen LogP contribution is 2.30. The van der Waals surface area contributed by atoms with E-state index in [1.165, 1.54) is 18.5 Å². The van der Waals surface area contributed by atoms with Crippen molar-refractivity contribution in [1.29, 1.82) is 0 Å². The van der Waals surface area contributed by atoms with Gasteiger partial charge in [-0.15, -0.1) is 24.0 Å². The van der Waals surface area contributed by atoms with Gasteiger partial charge in [-0.2, -0.15) is 0 Å². The Bertz CT molecular complexity index is 524. The molecule has 0 spiro atoms. The Morgan fingerprint density at radius 2 is 2.08 bits per heavy atom. The van der Waals surface area contributed by atoms with Crippen molar-refractivity contribution in [3.05, 3.63) is 24.3 Å². The number of unbranched alkanes of at least 4 members (excludes halogenated alkanes) is 2. The van der Waals surface area contributed by atoms with Gasteiger partial charge in [0.25, 0.3) is 0 Å². The molecular weight excluding hydrogens is 427 g/mol. The van der Waals surface area contributed by atoms with Gasteiger partial charge in [0.2, 0.25) is 0 Å². The van der Waals surface area contributed by atoms with Gasteiger partial charge in [0.05, 0.1) is 12.8 Å². The Kier molecular flexibility index (Phi) is 10.7. The number of para-hydroxylation sites is 2. The maximum absolute atomic E-state index is 5.49. The number of nitrogens with zero attached hydrogens (tertiary/aromatic N) is 2. The minimum atomic E-state index is 0. The fraction of sp³-hybridized carbons (Fsp3) is 0.632. The van der Waals surface area contributed by atoms with Crippen LogP contribution in [0.15, 0.2) is 29.3 Å². The molecule has 0 bridgehead atoms. The van der Waals surface area contributed by atoms with E-state index >= 15 is 0 Å². The molecule has 1 heterocycles. The Hall–Kier alpha value is -1.18. The Morgan fingerprint density at radius 3 is 2.80 bits per heavy atom. The first kappa shape index (κ1) is 21.9. The van der Waals surface area contributed by atoms with E-state index in [0.717, 1.165) is 50.7 Å². The Balaban J connectivity index is 0.00000312. The first-order valence-electron chi connectivity index (χ1n) is 9.21. The van der Waals surface area contributed by atoms with Gasteiger partial charge < -0.3 is 20.3 Å². The van der Waals surface area contributed by atoms with Crippen molar-refractivity contribution in [2.75, 3.05) is 38.2 Å². The number of ether oxygens (including phenoxy) is 1. The summed E-state index contributed by atoms with van der Waals surface area (Å²) < 4.78 is 5.49. The number of rotatable bonds is 8. The monoisotopic (exact) mass is 460 g/mol. The lowest BCUT2D eigenvalue weighted by atomic mass is 10.2. The zero-order chi connectivity index (χ0) is 17.2. The molecule has 0 amide bonds. The van der Waals surface area contributed by atoms with Crippen molar-refractivity contribution in [3.63, 3.8) is 0 Å². The minimum absolute atomic E-state index is 0. The lowest BCUT2D eigenvalue weighted by molar-refractivity contribution is 0.415. The molecular formula is C19H33IN4O. The molecule has 0 saturated carbocycles. The second-order valence-electron chi connectivity index (χ2n) is 6.22. The number of benzene rings is 1. The van der Waals surface area contributed by atoms with Crippen molar-refractivity contribution in [2.45, 2.75) is 45.6 Å². The average molecular weight is 460 g/mol. The molecule has 5 nitrogen and oxygen atoms in total. The van der Waals surface area contributed by atoms with Crippen molar-refractivity contribution in [3.8, 4) is 5.75 Å². The molecule has 1 aliphatic rings. The summed E-state index contributed by atoms with van der Waals surface area (Å²) in [5, 5.41) is 6.95. The molecule has 142 valence electrons. The molecule has 0 aromatic heterocycles. The highest BCUT2D eigenvalue weighted by molar-refractivity contribution is 14.0. The first-order chi connectivity index (χ1) is 11.8. The fourth-order valence-electron chi connectivity index (χ4n) is 3.05. The number of hydrogen-bond acceptors (Lipinski definition) is 3. The van der Waals surface area contributed by atoms with Gasteiger partial charge in [0.1, 0.15) is 5.75 Å². The Labute approximate surface area is 169 Å². The smallest absolute Gasteiger partial charge is 0.191 e. The molecule has 2 rings (SSSR count). The van der Waals surface area contributed by atoms with Crippen LogP contribution in [0.25, 0.3) is 0 Å². The number of hydrogen-bond donors (Lipinski definition) is 2. The summed E-state index contributed by atoms with van der Waals surface area (Å²) in [5.74, 6) is 1.89. The van der Waals surface area contributed by atoms with Gasteiger partial charge in [-0.3, -0.25) is 4.99 Å². The van der Waals surface area contributed by atoms with Gasteiger partial charge in [-0.1, -0.05) is 31.9 Å². The largest absolute Gasteiger partial charge is 0.495 e. The number of nitrogens with one attached hydrogen (secondary N) is 2. The van der Waals surface area contributed by atoms with Crippen molar-refractivity contribution >= 4 is 35.6 Å². The quantitative estimate of drug-likeness (QED) is 0.269. The lowest BCUT2D eigenvalue weighted by Crippen LogP contribution is -2.44. The third-order valence-corrected chi connectivity index (χ3v) is 4.33. The van der Waals surface area contributed by atoms with E-state index < -0.39 is 0 Å². The van der Waals surface area contributed by atoms with Crippen molar-refractivity contribution < 1.29 is 4.74 Å². The standard InChI is InChI=1S/C19H32N4O.HI/c1-4-6-9-13-21-19(20-5-2)22-16-12-14-23(15-16)17-10-7-8-11-18(17)24-3;/h7-8,10-11,16H,4-6,9,12-15H2,1-3H3,(H2,20,21,22);1H. The minimum Gasteiger partial charge on any atom is -0.495 e. The molecule has 1 saturated heterocycles. The van der Waals surface area contributed by atoms with Crippen LogP contribution in [-0.2, 0) is 0 Å². The van der Waals surface area contributed by atoms with Crippen LogP contribution in [0.4, 0.5) is 5.69 Å². The first-order valence-corrected chi connectivity index (χ1v) is 9.21. The van der Waals surface area contributed by atoms with Crippen LogP contribution >= 0.6 is 24.0 Å². The summed E-state index contributed by atoms with van der Waals surface area (Å²) in [4.78, 5) is 7.08. The maximum Gasteiger partial charge on any atom is 0.191 e. The van der Waals surface area contributed by atoms with Gasteiger partial charge >= 0.3 is 0 Å². The van der Waals surface area contributed by atoms with E-state index in [1.807, 2.05) is 12.1 Å². The zero-order valence-corrected chi connectivity index (χ0v) is 18.1. The van der Waals surface area contributed by atoms with Crippen LogP contribution in [0.5, 0.6) is 5.75 Å². The third-order valence-electron chi connectivity index (χ3n) is 4.33. The van der Waals surface area contributed by atoms with Crippen LogP contribution in [0, 0.1) is 0 Å². The van der Waals surface area contributed by atoms with Gasteiger partial charge in [-0.05, 0) is 31.9 Å². The zero-order valence-electron chi connectivity index (χ0n) is 15.8. The lowest BCUT2D eigenvalue weighted by Gasteiger charge is -2.22. The summed E-state index contributed by atoms with van der Waals surface area (Å²) in [6.45, 7) is 8.12. The van der Waals surface area contributed by atoms with Crippen molar-refractivity contribution in [2.24, 2.45) is 4.99 Å². The number of methoxy groups -OCH3 is 1. The number of anilines is 1. The van der Waals surface area contributed by atoms with Gasteiger partial charge in [0.15, 0.2) is 5.96 Å². The molecule has 1 aromatic carbocycles. The molecule has 1 atom stereocenters. The summed E-state index contributed by atoms with van der Waals surface area (Å²) in [7, 11) is 1.73. The van der Waals surface area contributed by atoms with Gasteiger partial charge in [0, 0.05) is 32.2 Å². The second-order valence-corrected chi connectivity index (χ2v) is 6.22. The fourth-order valence-corrected chi connectivity index (χ4v) is 3.05. The van der Waals surface area contributed by atoms with Crippen LogP contribution < -0.4 is 20.3 Å². The summed E-state index contributed by atoms with van der Waals surface area (Å²) in [6, 6.07) is 8.65. The molecule has 1 aliphatic heterocycles. The highest BCUT2D eigenvalue weighted by atomic mass is 127. The van der Waals surface area contributed by atoms with E-state index in [-0.39, 0.29) is 24.0 Å². The van der Waals surface area contributed by atoms with Crippen LogP contribution in [-0.4, -0.2) is 45.3 Å². The van der Waals surface area contributed by atoms with E-state index in [9.17, 15) is 0 Å². The molecule has 1 aromatic rings. The SMILES string of the molecule is CCCCCN=C(NCC)NC1CCN(c2ccccc2OC)C1.I. The number of halogens is 1. The summed E-state index contributed by atoms with van der Waals surface area (Å²) in [6.07, 6.45) is 4.74. The molecule has 6 heteroatoms. The van der Waals surface area contributed by atoms with Crippen LogP contribution in [0.3, 0.4) is 0 Å². The number of guanidine groups is 1. The predicted molar refractivity (Wildman–Crippen MR) is 118 cm³/mol. The van der Waals surface area contributed by atoms with E-state index in [0.29, 0.717) is 6.04 Å². The molecule has 1 fully saturated rings. The maximum atomic E-state index is 5.49. The molecule has 1 unspecified atom stereocenters. The molecule has 0 aliphatic carbocycles. The van der Waals surface area contributed by atoms with Gasteiger partial charge in [-0.25, -0.2) is 0 Å². The van der Waals surface area contributed by atoms with Crippen molar-refractivity contribution in [1.82, 2.24) is 10.6 Å². The summed E-state index contributed by atoms with van der Waals surface area (Å²) >= 11 is 0. The highest BCUT2D eigenvalue weighted by Gasteiger charge is 2.25. The molecule has 25 heavy (non-hydrogen) atoms. The third kappa shape index (κ3) is 6.92. The van der Waals surface area contributed by atoms with Crippen LogP contribution in [0.1, 0.15) is 39.5 Å². The predicted octanol–water partition coefficient (Wildman–Crippen LogP) is 3.64. The normalized spacial score (nSPS) is 17.2. The topological polar surface area (TPSA) is 48.9 Å². The van der Waals surface area contributed by atoms with E-state index in [1.54, 1.807) is 7.11 Å². The number of aliphatic imine (C=N–C) groups is 1. The average Bonchev–Trinajstić information content (AvgIpc) is 3.07. The second kappa shape index (κ2) is 12.2.